The molecule has 0 aromatic rings. The molecule has 2 N–H and O–H groups in total. The number of thiocyanates is 1. The minimum Gasteiger partial charge on any atom is -0.473 e. The van der Waals surface area contributed by atoms with E-state index in [0.717, 1.165) is 17.1 Å². The molecule has 1 aliphatic rings. The van der Waals surface area contributed by atoms with E-state index in [1.54, 1.807) is 0 Å². The number of carbonyl (C=O) groups is 2. The largest absolute Gasteiger partial charge is 0.473 e. The van der Waals surface area contributed by atoms with Gasteiger partial charge in [-0.05, 0) is 6.42 Å². The summed E-state index contributed by atoms with van der Waals surface area (Å²) in [5.41, 5.74) is 0. The second-order valence-electron chi connectivity index (χ2n) is 4.02. The smallest absolute Gasteiger partial charge is 0.414 e. The SMILES string of the molecule is CCCC[N+]1(SC#N)C=CN(C)C1.O=C(O)C(=O)O. The number of hydrogen-bond acceptors (Lipinski definition) is 5. The molecule has 1 heterocycles. The minimum absolute atomic E-state index is 0.737. The molecule has 1 aliphatic heterocycles. The maximum Gasteiger partial charge on any atom is 0.414 e. The Labute approximate surface area is 116 Å². The number of rotatable bonds is 4. The first-order valence-corrected chi connectivity index (χ1v) is 6.44. The van der Waals surface area contributed by atoms with Gasteiger partial charge in [0.15, 0.2) is 12.1 Å². The van der Waals surface area contributed by atoms with Crippen LogP contribution in [-0.2, 0) is 9.59 Å². The quantitative estimate of drug-likeness (QED) is 0.347. The Bertz CT molecular complexity index is 382. The first kappa shape index (κ1) is 17.3. The summed E-state index contributed by atoms with van der Waals surface area (Å²) >= 11 is 1.34. The van der Waals surface area contributed by atoms with Crippen molar-refractivity contribution < 1.29 is 23.7 Å². The van der Waals surface area contributed by atoms with Crippen LogP contribution in [0.5, 0.6) is 0 Å². The molecule has 0 spiro atoms. The van der Waals surface area contributed by atoms with Crippen molar-refractivity contribution in [2.24, 2.45) is 0 Å². The predicted molar refractivity (Wildman–Crippen MR) is 70.3 cm³/mol. The lowest BCUT2D eigenvalue weighted by molar-refractivity contribution is -0.742. The second-order valence-corrected chi connectivity index (χ2v) is 5.11. The molecule has 0 amide bonds. The van der Waals surface area contributed by atoms with Gasteiger partial charge in [-0.1, -0.05) is 13.3 Å². The number of quaternary nitrogens is 1. The Morgan fingerprint density at radius 2 is 2.05 bits per heavy atom. The van der Waals surface area contributed by atoms with E-state index in [9.17, 15) is 0 Å². The van der Waals surface area contributed by atoms with Crippen molar-refractivity contribution in [3.63, 3.8) is 0 Å². The van der Waals surface area contributed by atoms with Crippen molar-refractivity contribution in [3.8, 4) is 5.40 Å². The van der Waals surface area contributed by atoms with Crippen molar-refractivity contribution >= 4 is 23.9 Å². The summed E-state index contributed by atoms with van der Waals surface area (Å²) in [4.78, 5) is 20.3. The summed E-state index contributed by atoms with van der Waals surface area (Å²) in [6.45, 7) is 4.14. The van der Waals surface area contributed by atoms with Gasteiger partial charge in [0.2, 0.25) is 11.9 Å². The Balaban J connectivity index is 0.000000459. The highest BCUT2D eigenvalue weighted by Gasteiger charge is 2.32. The van der Waals surface area contributed by atoms with E-state index in [4.69, 9.17) is 25.1 Å². The lowest BCUT2D eigenvalue weighted by Gasteiger charge is -2.26. The summed E-state index contributed by atoms with van der Waals surface area (Å²) in [6.07, 6.45) is 6.53. The third-order valence-electron chi connectivity index (χ3n) is 2.35. The fraction of sp³-hybridized carbons (Fsp3) is 0.545. The van der Waals surface area contributed by atoms with Gasteiger partial charge >= 0.3 is 11.9 Å². The Morgan fingerprint density at radius 3 is 2.37 bits per heavy atom. The number of unbranched alkanes of at least 4 members (excludes halogenated alkanes) is 1. The third kappa shape index (κ3) is 6.69. The van der Waals surface area contributed by atoms with E-state index in [0.29, 0.717) is 0 Å². The molecule has 19 heavy (non-hydrogen) atoms. The Kier molecular flexibility index (Phi) is 7.63. The molecular formula is C11H18N3O4S+. The first-order chi connectivity index (χ1) is 8.87. The first-order valence-electron chi connectivity index (χ1n) is 5.67. The van der Waals surface area contributed by atoms with Gasteiger partial charge in [-0.3, -0.25) is 0 Å². The van der Waals surface area contributed by atoms with Gasteiger partial charge in [0.05, 0.1) is 12.7 Å². The van der Waals surface area contributed by atoms with Crippen LogP contribution in [0, 0.1) is 10.7 Å². The summed E-state index contributed by atoms with van der Waals surface area (Å²) in [7, 11) is 2.04. The van der Waals surface area contributed by atoms with Crippen LogP contribution in [-0.4, -0.2) is 51.2 Å². The van der Waals surface area contributed by atoms with Gasteiger partial charge in [-0.2, -0.15) is 5.26 Å². The van der Waals surface area contributed by atoms with Crippen LogP contribution in [0.25, 0.3) is 0 Å². The van der Waals surface area contributed by atoms with Crippen molar-refractivity contribution in [3.05, 3.63) is 12.4 Å². The van der Waals surface area contributed by atoms with Crippen molar-refractivity contribution in [2.45, 2.75) is 19.8 Å². The van der Waals surface area contributed by atoms with Gasteiger partial charge in [0.25, 0.3) is 0 Å². The van der Waals surface area contributed by atoms with Gasteiger partial charge in [0, 0.05) is 7.05 Å². The van der Waals surface area contributed by atoms with E-state index in [2.05, 4.69) is 29.6 Å². The molecular weight excluding hydrogens is 270 g/mol. The number of aliphatic carboxylic acids is 2. The summed E-state index contributed by atoms with van der Waals surface area (Å²) < 4.78 is 0.737. The van der Waals surface area contributed by atoms with E-state index >= 15 is 0 Å². The molecule has 1 atom stereocenters. The van der Waals surface area contributed by atoms with Crippen LogP contribution in [0.2, 0.25) is 0 Å². The molecule has 0 aromatic heterocycles. The van der Waals surface area contributed by atoms with E-state index in [1.807, 2.05) is 7.05 Å². The highest BCUT2D eigenvalue weighted by molar-refractivity contribution is 7.98. The molecule has 106 valence electrons. The number of carboxylic acids is 2. The molecule has 0 saturated carbocycles. The van der Waals surface area contributed by atoms with Gasteiger partial charge < -0.3 is 15.1 Å². The Morgan fingerprint density at radius 1 is 1.47 bits per heavy atom. The fourth-order valence-electron chi connectivity index (χ4n) is 1.46. The normalized spacial score (nSPS) is 20.4. The van der Waals surface area contributed by atoms with Crippen molar-refractivity contribution in [1.29, 1.82) is 5.26 Å². The zero-order valence-corrected chi connectivity index (χ0v) is 11.8. The third-order valence-corrected chi connectivity index (χ3v) is 3.22. The standard InChI is InChI=1S/C9H16N3S.C2H2O4/c1-3-4-6-12(13-8-10)7-5-11(2)9-12;3-1(4)2(5)6/h5,7H,3-4,6,9H2,1-2H3;(H,3,4)(H,5,6)/q+1;. The maximum atomic E-state index is 9.10. The summed E-state index contributed by atoms with van der Waals surface area (Å²) in [6, 6.07) is 0. The average Bonchev–Trinajstić information content (AvgIpc) is 2.70. The molecule has 1 unspecified atom stereocenters. The average molecular weight is 288 g/mol. The summed E-state index contributed by atoms with van der Waals surface area (Å²) in [5.74, 6) is -3.65. The van der Waals surface area contributed by atoms with Crippen LogP contribution in [0.4, 0.5) is 0 Å². The van der Waals surface area contributed by atoms with Crippen molar-refractivity contribution in [2.75, 3.05) is 20.3 Å². The van der Waals surface area contributed by atoms with Crippen LogP contribution in [0.3, 0.4) is 0 Å². The maximum absolute atomic E-state index is 9.10. The molecule has 1 rings (SSSR count). The highest BCUT2D eigenvalue weighted by atomic mass is 32.2. The lowest BCUT2D eigenvalue weighted by atomic mass is 10.3. The number of nitriles is 1. The number of nitrogens with zero attached hydrogens (tertiary/aromatic N) is 3. The molecule has 0 aliphatic carbocycles. The lowest BCUT2D eigenvalue weighted by Crippen LogP contribution is -2.37. The highest BCUT2D eigenvalue weighted by Crippen LogP contribution is 2.28. The fourth-order valence-corrected chi connectivity index (χ4v) is 2.20. The monoisotopic (exact) mass is 288 g/mol. The van der Waals surface area contributed by atoms with E-state index < -0.39 is 11.9 Å². The zero-order valence-electron chi connectivity index (χ0n) is 10.9. The van der Waals surface area contributed by atoms with Crippen LogP contribution < -0.4 is 0 Å². The number of hydrogen-bond donors (Lipinski definition) is 2. The molecule has 0 saturated heterocycles. The summed E-state index contributed by atoms with van der Waals surface area (Å²) in [5, 5.41) is 25.7. The van der Waals surface area contributed by atoms with Gasteiger partial charge in [-0.25, -0.2) is 13.5 Å². The van der Waals surface area contributed by atoms with Gasteiger partial charge in [-0.15, -0.1) is 0 Å². The topological polar surface area (TPSA) is 102 Å². The van der Waals surface area contributed by atoms with Crippen LogP contribution in [0.1, 0.15) is 19.8 Å². The minimum atomic E-state index is -1.82. The van der Waals surface area contributed by atoms with Crippen LogP contribution in [0.15, 0.2) is 12.4 Å². The Hall–Kier alpha value is -1.72. The zero-order chi connectivity index (χ0) is 14.9. The molecule has 7 nitrogen and oxygen atoms in total. The van der Waals surface area contributed by atoms with Crippen molar-refractivity contribution in [1.82, 2.24) is 4.90 Å². The molecule has 0 radical (unpaired) electrons. The molecule has 0 aromatic carbocycles. The molecule has 0 bridgehead atoms. The molecule has 8 heteroatoms. The van der Waals surface area contributed by atoms with Crippen LogP contribution >= 0.6 is 11.9 Å². The predicted octanol–water partition coefficient (Wildman–Crippen LogP) is 1.26. The van der Waals surface area contributed by atoms with E-state index in [1.165, 1.54) is 24.8 Å². The van der Waals surface area contributed by atoms with Gasteiger partial charge in [0.1, 0.15) is 6.20 Å². The molecule has 0 fully saturated rings. The number of carboxylic acid groups (broad SMARTS) is 2. The van der Waals surface area contributed by atoms with E-state index in [-0.39, 0.29) is 0 Å². The second kappa shape index (κ2) is 8.39.